The Morgan fingerprint density at radius 3 is 2.02 bits per heavy atom. The molecule has 1 aromatic carbocycles. The summed E-state index contributed by atoms with van der Waals surface area (Å²) >= 11 is 0. The zero-order chi connectivity index (χ0) is 31.6. The highest BCUT2D eigenvalue weighted by molar-refractivity contribution is 5.96. The highest BCUT2D eigenvalue weighted by atomic mass is 16.2. The second kappa shape index (κ2) is 15.9. The van der Waals surface area contributed by atoms with Crippen LogP contribution in [0.15, 0.2) is 30.3 Å². The van der Waals surface area contributed by atoms with E-state index in [-0.39, 0.29) is 24.8 Å². The van der Waals surface area contributed by atoms with E-state index in [0.717, 1.165) is 5.56 Å². The zero-order valence-electron chi connectivity index (χ0n) is 25.0. The first-order valence-corrected chi connectivity index (χ1v) is 14.3. The average Bonchev–Trinajstić information content (AvgIpc) is 3.43. The van der Waals surface area contributed by atoms with Gasteiger partial charge in [0, 0.05) is 13.0 Å². The molecular weight excluding hydrogens is 542 g/mol. The van der Waals surface area contributed by atoms with Gasteiger partial charge in [-0.15, -0.1) is 0 Å². The second-order valence-corrected chi connectivity index (χ2v) is 11.3. The van der Waals surface area contributed by atoms with Crippen molar-refractivity contribution in [3.8, 4) is 0 Å². The van der Waals surface area contributed by atoms with Crippen molar-refractivity contribution in [3.63, 3.8) is 0 Å². The molecule has 1 heterocycles. The van der Waals surface area contributed by atoms with Gasteiger partial charge in [-0.2, -0.15) is 0 Å². The fraction of sp³-hybridized carbons (Fsp3) is 0.586. The SMILES string of the molecule is CC(C)[C@H](NC(=O)[C@H](Cc1ccccc1)NC(=O)[C@@H](NC(=O)[C@@H]1CCCN1C(=O)[C@H](C)NC(=O)CN)C(C)C)C(N)=O. The molecule has 0 aliphatic carbocycles. The van der Waals surface area contributed by atoms with E-state index in [1.165, 1.54) is 11.8 Å². The number of hydrogen-bond donors (Lipinski definition) is 6. The van der Waals surface area contributed by atoms with Crippen LogP contribution in [-0.4, -0.2) is 83.6 Å². The standard InChI is InChI=1S/C29H45N7O6/c1-16(2)23(25(31)38)34-26(39)20(14-19-10-7-6-8-11-19)33-28(41)24(17(3)4)35-27(40)21-12-9-13-36(21)29(42)18(5)32-22(37)15-30/h6-8,10-11,16-18,20-21,23-24H,9,12-15,30H2,1-5H3,(H2,31,38)(H,32,37)(H,33,41)(H,34,39)(H,35,40)/t18-,20-,21-,23-,24-/m0/s1. The van der Waals surface area contributed by atoms with Gasteiger partial charge in [-0.1, -0.05) is 58.0 Å². The molecule has 1 saturated heterocycles. The van der Waals surface area contributed by atoms with Gasteiger partial charge in [-0.05, 0) is 37.2 Å². The number of rotatable bonds is 14. The number of nitrogens with zero attached hydrogens (tertiary/aromatic N) is 1. The van der Waals surface area contributed by atoms with E-state index in [1.54, 1.807) is 39.8 Å². The van der Waals surface area contributed by atoms with E-state index in [4.69, 9.17) is 11.5 Å². The lowest BCUT2D eigenvalue weighted by Gasteiger charge is -2.30. The topological polar surface area (TPSA) is 206 Å². The molecule has 5 atom stereocenters. The molecule has 42 heavy (non-hydrogen) atoms. The van der Waals surface area contributed by atoms with E-state index in [0.29, 0.717) is 19.4 Å². The lowest BCUT2D eigenvalue weighted by molar-refractivity contribution is -0.142. The van der Waals surface area contributed by atoms with Crippen molar-refractivity contribution in [1.29, 1.82) is 0 Å². The van der Waals surface area contributed by atoms with Crippen molar-refractivity contribution in [2.75, 3.05) is 13.1 Å². The summed E-state index contributed by atoms with van der Waals surface area (Å²) in [6.45, 7) is 8.57. The highest BCUT2D eigenvalue weighted by Crippen LogP contribution is 2.19. The molecule has 0 saturated carbocycles. The molecule has 1 aliphatic rings. The molecule has 1 fully saturated rings. The van der Waals surface area contributed by atoms with E-state index >= 15 is 0 Å². The van der Waals surface area contributed by atoms with Gasteiger partial charge in [0.2, 0.25) is 35.4 Å². The third-order valence-corrected chi connectivity index (χ3v) is 7.21. The minimum absolute atomic E-state index is 0.137. The molecule has 13 nitrogen and oxygen atoms in total. The van der Waals surface area contributed by atoms with Crippen LogP contribution in [0, 0.1) is 11.8 Å². The maximum atomic E-state index is 13.5. The maximum Gasteiger partial charge on any atom is 0.245 e. The summed E-state index contributed by atoms with van der Waals surface area (Å²) in [5.41, 5.74) is 11.6. The maximum absolute atomic E-state index is 13.5. The molecular formula is C29H45N7O6. The number of carbonyl (C=O) groups excluding carboxylic acids is 6. The number of carbonyl (C=O) groups is 6. The van der Waals surface area contributed by atoms with E-state index in [9.17, 15) is 28.8 Å². The summed E-state index contributed by atoms with van der Waals surface area (Å²) in [7, 11) is 0. The Morgan fingerprint density at radius 1 is 0.857 bits per heavy atom. The van der Waals surface area contributed by atoms with Crippen molar-refractivity contribution in [2.24, 2.45) is 23.3 Å². The van der Waals surface area contributed by atoms with Crippen LogP contribution in [-0.2, 0) is 35.2 Å². The predicted molar refractivity (Wildman–Crippen MR) is 156 cm³/mol. The Balaban J connectivity index is 2.21. The lowest BCUT2D eigenvalue weighted by Crippen LogP contribution is -2.60. The fourth-order valence-corrected chi connectivity index (χ4v) is 4.84. The molecule has 13 heteroatoms. The molecule has 8 N–H and O–H groups in total. The smallest absolute Gasteiger partial charge is 0.245 e. The van der Waals surface area contributed by atoms with Gasteiger partial charge in [0.1, 0.15) is 30.2 Å². The van der Waals surface area contributed by atoms with E-state index in [2.05, 4.69) is 21.3 Å². The first-order chi connectivity index (χ1) is 19.8. The van der Waals surface area contributed by atoms with E-state index < -0.39 is 65.7 Å². The van der Waals surface area contributed by atoms with Crippen LogP contribution in [0.4, 0.5) is 0 Å². The van der Waals surface area contributed by atoms with Crippen molar-refractivity contribution >= 4 is 35.4 Å². The molecule has 0 spiro atoms. The quantitative estimate of drug-likeness (QED) is 0.159. The second-order valence-electron chi connectivity index (χ2n) is 11.3. The fourth-order valence-electron chi connectivity index (χ4n) is 4.84. The summed E-state index contributed by atoms with van der Waals surface area (Å²) in [5, 5.41) is 10.7. The first-order valence-electron chi connectivity index (χ1n) is 14.3. The first kappa shape index (κ1) is 34.2. The molecule has 0 unspecified atom stereocenters. The van der Waals surface area contributed by atoms with Crippen LogP contribution in [0.25, 0.3) is 0 Å². The minimum atomic E-state index is -1.06. The summed E-state index contributed by atoms with van der Waals surface area (Å²) in [6.07, 6.45) is 1.11. The summed E-state index contributed by atoms with van der Waals surface area (Å²) in [5.74, 6) is -3.92. The number of nitrogens with one attached hydrogen (secondary N) is 4. The number of amides is 6. The molecule has 232 valence electrons. The minimum Gasteiger partial charge on any atom is -0.368 e. The number of likely N-dealkylation sites (tertiary alicyclic amines) is 1. The Labute approximate surface area is 246 Å². The Morgan fingerprint density at radius 2 is 1.48 bits per heavy atom. The third kappa shape index (κ3) is 9.54. The van der Waals surface area contributed by atoms with Crippen molar-refractivity contribution in [3.05, 3.63) is 35.9 Å². The molecule has 1 aliphatic heterocycles. The number of nitrogens with two attached hydrogens (primary N) is 2. The lowest BCUT2D eigenvalue weighted by atomic mass is 9.99. The van der Waals surface area contributed by atoms with Crippen LogP contribution in [0.3, 0.4) is 0 Å². The molecule has 1 aromatic rings. The van der Waals surface area contributed by atoms with Gasteiger partial charge >= 0.3 is 0 Å². The van der Waals surface area contributed by atoms with Crippen LogP contribution < -0.4 is 32.7 Å². The summed E-state index contributed by atoms with van der Waals surface area (Å²) in [6, 6.07) is 4.35. The molecule has 6 amide bonds. The van der Waals surface area contributed by atoms with Crippen LogP contribution in [0.2, 0.25) is 0 Å². The normalized spacial score (nSPS) is 17.6. The van der Waals surface area contributed by atoms with Gasteiger partial charge in [-0.25, -0.2) is 0 Å². The monoisotopic (exact) mass is 587 g/mol. The van der Waals surface area contributed by atoms with Gasteiger partial charge in [-0.3, -0.25) is 28.8 Å². The van der Waals surface area contributed by atoms with Crippen LogP contribution >= 0.6 is 0 Å². The van der Waals surface area contributed by atoms with Crippen LogP contribution in [0.1, 0.15) is 53.0 Å². The number of primary amides is 1. The van der Waals surface area contributed by atoms with Gasteiger partial charge in [0.25, 0.3) is 0 Å². The largest absolute Gasteiger partial charge is 0.368 e. The van der Waals surface area contributed by atoms with Gasteiger partial charge in [0.15, 0.2) is 0 Å². The highest BCUT2D eigenvalue weighted by Gasteiger charge is 2.39. The Hall–Kier alpha value is -4.00. The molecule has 2 rings (SSSR count). The van der Waals surface area contributed by atoms with Crippen LogP contribution in [0.5, 0.6) is 0 Å². The van der Waals surface area contributed by atoms with Crippen molar-refractivity contribution in [2.45, 2.75) is 84.1 Å². The molecule has 0 aromatic heterocycles. The summed E-state index contributed by atoms with van der Waals surface area (Å²) in [4.78, 5) is 78.1. The number of benzene rings is 1. The van der Waals surface area contributed by atoms with E-state index in [1.807, 2.05) is 18.2 Å². The third-order valence-electron chi connectivity index (χ3n) is 7.21. The predicted octanol–water partition coefficient (Wildman–Crippen LogP) is -1.06. The Kier molecular flexibility index (Phi) is 12.9. The van der Waals surface area contributed by atoms with Gasteiger partial charge in [0.05, 0.1) is 6.54 Å². The zero-order valence-corrected chi connectivity index (χ0v) is 25.0. The average molecular weight is 588 g/mol. The van der Waals surface area contributed by atoms with Crippen molar-refractivity contribution in [1.82, 2.24) is 26.2 Å². The molecule has 0 bridgehead atoms. The molecule has 0 radical (unpaired) electrons. The number of hydrogen-bond acceptors (Lipinski definition) is 7. The van der Waals surface area contributed by atoms with Crippen molar-refractivity contribution < 1.29 is 28.8 Å². The Bertz CT molecular complexity index is 1130. The summed E-state index contributed by atoms with van der Waals surface area (Å²) < 4.78 is 0. The van der Waals surface area contributed by atoms with Gasteiger partial charge < -0.3 is 37.6 Å².